The SMILES string of the molecule is COc1cc2c(c3c1C(=O)C[C@@H](c1ccccc1)O3)[C@H]1[C@@H](O2)C1(C)C. The van der Waals surface area contributed by atoms with Crippen LogP contribution in [0.2, 0.25) is 0 Å². The van der Waals surface area contributed by atoms with Gasteiger partial charge in [0.25, 0.3) is 0 Å². The lowest BCUT2D eigenvalue weighted by Crippen LogP contribution is -2.22. The second-order valence-electron chi connectivity index (χ2n) is 7.68. The molecule has 0 radical (unpaired) electrons. The highest BCUT2D eigenvalue weighted by Crippen LogP contribution is 2.70. The Morgan fingerprint density at radius 1 is 1.16 bits per heavy atom. The van der Waals surface area contributed by atoms with Gasteiger partial charge in [-0.2, -0.15) is 0 Å². The molecule has 1 aliphatic carbocycles. The van der Waals surface area contributed by atoms with Gasteiger partial charge in [-0.25, -0.2) is 0 Å². The average Bonchev–Trinajstić information content (AvgIpc) is 2.96. The normalized spacial score (nSPS) is 27.5. The summed E-state index contributed by atoms with van der Waals surface area (Å²) < 4.78 is 18.0. The van der Waals surface area contributed by atoms with Crippen LogP contribution in [0.5, 0.6) is 17.2 Å². The van der Waals surface area contributed by atoms with E-state index in [4.69, 9.17) is 14.2 Å². The number of ketones is 1. The Bertz CT molecular complexity index is 885. The molecule has 0 N–H and O–H groups in total. The zero-order chi connectivity index (χ0) is 17.3. The van der Waals surface area contributed by atoms with Crippen molar-refractivity contribution in [2.75, 3.05) is 7.11 Å². The van der Waals surface area contributed by atoms with Gasteiger partial charge in [-0.1, -0.05) is 44.2 Å². The number of fused-ring (bicyclic) bond motifs is 5. The lowest BCUT2D eigenvalue weighted by atomic mass is 9.91. The van der Waals surface area contributed by atoms with Crippen molar-refractivity contribution in [1.29, 1.82) is 0 Å². The van der Waals surface area contributed by atoms with E-state index in [1.54, 1.807) is 7.11 Å². The van der Waals surface area contributed by atoms with Gasteiger partial charge in [-0.05, 0) is 5.56 Å². The molecule has 5 rings (SSSR count). The quantitative estimate of drug-likeness (QED) is 0.821. The summed E-state index contributed by atoms with van der Waals surface area (Å²) >= 11 is 0. The first-order valence-corrected chi connectivity index (χ1v) is 8.68. The summed E-state index contributed by atoms with van der Waals surface area (Å²) in [5.74, 6) is 2.36. The molecule has 4 nitrogen and oxygen atoms in total. The first kappa shape index (κ1) is 14.8. The van der Waals surface area contributed by atoms with Crippen molar-refractivity contribution in [2.45, 2.75) is 38.4 Å². The van der Waals surface area contributed by atoms with Crippen LogP contribution in [0.3, 0.4) is 0 Å². The molecule has 0 amide bonds. The minimum Gasteiger partial charge on any atom is -0.496 e. The van der Waals surface area contributed by atoms with Gasteiger partial charge in [0, 0.05) is 23.0 Å². The van der Waals surface area contributed by atoms with Gasteiger partial charge in [0.15, 0.2) is 5.78 Å². The molecule has 2 aromatic rings. The number of rotatable bonds is 2. The van der Waals surface area contributed by atoms with Gasteiger partial charge in [-0.15, -0.1) is 0 Å². The molecule has 2 heterocycles. The maximum absolute atomic E-state index is 12.9. The summed E-state index contributed by atoms with van der Waals surface area (Å²) in [4.78, 5) is 12.9. The van der Waals surface area contributed by atoms with Gasteiger partial charge in [-0.3, -0.25) is 4.79 Å². The van der Waals surface area contributed by atoms with Crippen molar-refractivity contribution in [3.8, 4) is 17.2 Å². The Kier molecular flexibility index (Phi) is 2.83. The van der Waals surface area contributed by atoms with Gasteiger partial charge < -0.3 is 14.2 Å². The third-order valence-electron chi connectivity index (χ3n) is 5.84. The molecule has 1 saturated carbocycles. The number of hydrogen-bond donors (Lipinski definition) is 0. The van der Waals surface area contributed by atoms with Gasteiger partial charge in [0.1, 0.15) is 35.0 Å². The van der Waals surface area contributed by atoms with E-state index in [9.17, 15) is 4.79 Å². The number of methoxy groups -OCH3 is 1. The maximum atomic E-state index is 12.9. The Balaban J connectivity index is 1.66. The highest BCUT2D eigenvalue weighted by Gasteiger charge is 2.67. The van der Waals surface area contributed by atoms with Crippen LogP contribution in [0.15, 0.2) is 36.4 Å². The van der Waals surface area contributed by atoms with E-state index in [1.165, 1.54) is 0 Å². The highest BCUT2D eigenvalue weighted by molar-refractivity contribution is 6.03. The van der Waals surface area contributed by atoms with Crippen molar-refractivity contribution in [3.63, 3.8) is 0 Å². The van der Waals surface area contributed by atoms with Crippen LogP contribution >= 0.6 is 0 Å². The molecular formula is C21H20O4. The number of Topliss-reactive ketones (excluding diaryl/α,β-unsaturated/α-hetero) is 1. The minimum absolute atomic E-state index is 0.0664. The molecule has 128 valence electrons. The Morgan fingerprint density at radius 2 is 1.92 bits per heavy atom. The van der Waals surface area contributed by atoms with Crippen LogP contribution < -0.4 is 14.2 Å². The summed E-state index contributed by atoms with van der Waals surface area (Å²) in [6.45, 7) is 4.39. The largest absolute Gasteiger partial charge is 0.496 e. The second-order valence-corrected chi connectivity index (χ2v) is 7.68. The van der Waals surface area contributed by atoms with Crippen LogP contribution in [-0.2, 0) is 0 Å². The van der Waals surface area contributed by atoms with E-state index >= 15 is 0 Å². The molecule has 0 saturated heterocycles. The molecular weight excluding hydrogens is 316 g/mol. The van der Waals surface area contributed by atoms with E-state index in [2.05, 4.69) is 13.8 Å². The zero-order valence-electron chi connectivity index (χ0n) is 14.5. The monoisotopic (exact) mass is 336 g/mol. The fourth-order valence-electron chi connectivity index (χ4n) is 4.35. The van der Waals surface area contributed by atoms with E-state index in [0.717, 1.165) is 16.9 Å². The fraction of sp³-hybridized carbons (Fsp3) is 0.381. The van der Waals surface area contributed by atoms with Crippen LogP contribution in [0.1, 0.15) is 53.8 Å². The predicted octanol–water partition coefficient (Wildman–Crippen LogP) is 4.29. The van der Waals surface area contributed by atoms with Gasteiger partial charge >= 0.3 is 0 Å². The number of ether oxygens (including phenoxy) is 3. The topological polar surface area (TPSA) is 44.8 Å². The Hall–Kier alpha value is -2.49. The summed E-state index contributed by atoms with van der Waals surface area (Å²) in [6, 6.07) is 11.8. The summed E-state index contributed by atoms with van der Waals surface area (Å²) in [5, 5.41) is 0. The lowest BCUT2D eigenvalue weighted by Gasteiger charge is -2.29. The molecule has 25 heavy (non-hydrogen) atoms. The highest BCUT2D eigenvalue weighted by atomic mass is 16.5. The van der Waals surface area contributed by atoms with Crippen LogP contribution in [0.4, 0.5) is 0 Å². The third kappa shape index (κ3) is 1.91. The van der Waals surface area contributed by atoms with Crippen molar-refractivity contribution >= 4 is 5.78 Å². The van der Waals surface area contributed by atoms with Crippen molar-refractivity contribution in [3.05, 3.63) is 53.1 Å². The molecule has 0 bridgehead atoms. The number of hydrogen-bond acceptors (Lipinski definition) is 4. The lowest BCUT2D eigenvalue weighted by molar-refractivity contribution is 0.0841. The second kappa shape index (κ2) is 4.78. The summed E-state index contributed by atoms with van der Waals surface area (Å²) in [7, 11) is 1.58. The molecule has 4 heteroatoms. The van der Waals surface area contributed by atoms with Crippen LogP contribution in [0.25, 0.3) is 0 Å². The molecule has 2 aromatic carbocycles. The molecule has 3 atom stereocenters. The minimum atomic E-state index is -0.265. The van der Waals surface area contributed by atoms with E-state index in [-0.39, 0.29) is 29.3 Å². The molecule has 3 aliphatic rings. The first-order chi connectivity index (χ1) is 12.0. The van der Waals surface area contributed by atoms with Gasteiger partial charge in [0.2, 0.25) is 0 Å². The van der Waals surface area contributed by atoms with Crippen LogP contribution in [0, 0.1) is 5.41 Å². The van der Waals surface area contributed by atoms with E-state index in [0.29, 0.717) is 23.5 Å². The molecule has 2 aliphatic heterocycles. The van der Waals surface area contributed by atoms with Crippen molar-refractivity contribution in [2.24, 2.45) is 5.41 Å². The Morgan fingerprint density at radius 3 is 2.64 bits per heavy atom. The summed E-state index contributed by atoms with van der Waals surface area (Å²) in [6.07, 6.45) is 0.220. The Labute approximate surface area is 146 Å². The van der Waals surface area contributed by atoms with Gasteiger partial charge in [0.05, 0.1) is 13.5 Å². The van der Waals surface area contributed by atoms with Crippen LogP contribution in [-0.4, -0.2) is 19.0 Å². The van der Waals surface area contributed by atoms with E-state index in [1.807, 2.05) is 36.4 Å². The predicted molar refractivity (Wildman–Crippen MR) is 92.7 cm³/mol. The zero-order valence-corrected chi connectivity index (χ0v) is 14.5. The van der Waals surface area contributed by atoms with Crippen molar-refractivity contribution < 1.29 is 19.0 Å². The number of carbonyl (C=O) groups is 1. The third-order valence-corrected chi connectivity index (χ3v) is 5.84. The molecule has 1 fully saturated rings. The van der Waals surface area contributed by atoms with E-state index < -0.39 is 0 Å². The number of benzene rings is 2. The molecule has 0 aromatic heterocycles. The standard InChI is InChI=1S/C21H20O4/c1-21(2)18-17-15(25-20(18)21)10-14(23-3)16-12(22)9-13(24-19(16)17)11-7-5-4-6-8-11/h4-8,10,13,18,20H,9H2,1-3H3/t13-,18-,20+/m0/s1. The summed E-state index contributed by atoms with van der Waals surface area (Å²) in [5.41, 5.74) is 2.71. The smallest absolute Gasteiger partial charge is 0.174 e. The molecule has 0 spiro atoms. The first-order valence-electron chi connectivity index (χ1n) is 8.68. The number of carbonyl (C=O) groups excluding carboxylic acids is 1. The van der Waals surface area contributed by atoms with Crippen molar-refractivity contribution in [1.82, 2.24) is 0 Å². The molecule has 0 unspecified atom stereocenters. The fourth-order valence-corrected chi connectivity index (χ4v) is 4.35. The average molecular weight is 336 g/mol. The maximum Gasteiger partial charge on any atom is 0.174 e.